The lowest BCUT2D eigenvalue weighted by Crippen LogP contribution is -2.39. The standard InChI is InChI=1S/C20H21N3O3S/c1-14-12-16(20(27-14)22-19(24)17-5-3-9-26-17)18(15-4-2-6-21-13-15)23-7-10-25-11-8-23/h2-6,9,12-13,18H,7-8,10-11H2,1H3,(H,22,24). The third kappa shape index (κ3) is 3.95. The van der Waals surface area contributed by atoms with Crippen LogP contribution < -0.4 is 5.32 Å². The van der Waals surface area contributed by atoms with Crippen molar-refractivity contribution in [2.75, 3.05) is 31.6 Å². The molecule has 3 aromatic rings. The van der Waals surface area contributed by atoms with Crippen molar-refractivity contribution in [3.05, 3.63) is 70.8 Å². The maximum atomic E-state index is 12.5. The zero-order valence-electron chi connectivity index (χ0n) is 15.1. The maximum absolute atomic E-state index is 12.5. The van der Waals surface area contributed by atoms with Gasteiger partial charge in [-0.1, -0.05) is 6.07 Å². The van der Waals surface area contributed by atoms with E-state index < -0.39 is 0 Å². The second-order valence-electron chi connectivity index (χ2n) is 6.41. The van der Waals surface area contributed by atoms with E-state index >= 15 is 0 Å². The van der Waals surface area contributed by atoms with Gasteiger partial charge in [0.1, 0.15) is 5.00 Å². The fourth-order valence-electron chi connectivity index (χ4n) is 3.37. The Hall–Kier alpha value is -2.48. The number of aryl methyl sites for hydroxylation is 1. The van der Waals surface area contributed by atoms with E-state index in [1.54, 1.807) is 29.7 Å². The Morgan fingerprint density at radius 2 is 2.15 bits per heavy atom. The van der Waals surface area contributed by atoms with Crippen LogP contribution >= 0.6 is 11.3 Å². The van der Waals surface area contributed by atoms with Crippen molar-refractivity contribution in [1.29, 1.82) is 0 Å². The van der Waals surface area contributed by atoms with Crippen LogP contribution in [0.2, 0.25) is 0 Å². The predicted octanol–water partition coefficient (Wildman–Crippen LogP) is 3.72. The molecule has 6 nitrogen and oxygen atoms in total. The normalized spacial score (nSPS) is 16.2. The average molecular weight is 383 g/mol. The van der Waals surface area contributed by atoms with Crippen LogP contribution in [0, 0.1) is 6.92 Å². The van der Waals surface area contributed by atoms with Gasteiger partial charge in [-0.2, -0.15) is 0 Å². The summed E-state index contributed by atoms with van der Waals surface area (Å²) in [6.07, 6.45) is 5.17. The summed E-state index contributed by atoms with van der Waals surface area (Å²) in [7, 11) is 0. The van der Waals surface area contributed by atoms with Gasteiger partial charge in [-0.3, -0.25) is 14.7 Å². The van der Waals surface area contributed by atoms with E-state index in [1.807, 2.05) is 12.3 Å². The van der Waals surface area contributed by atoms with Gasteiger partial charge in [-0.05, 0) is 36.8 Å². The minimum atomic E-state index is -0.241. The molecule has 4 rings (SSSR count). The van der Waals surface area contributed by atoms with Crippen molar-refractivity contribution in [3.8, 4) is 0 Å². The lowest BCUT2D eigenvalue weighted by Gasteiger charge is -2.35. The molecule has 1 aliphatic heterocycles. The third-order valence-corrected chi connectivity index (χ3v) is 5.54. The van der Waals surface area contributed by atoms with E-state index in [4.69, 9.17) is 9.15 Å². The smallest absolute Gasteiger partial charge is 0.291 e. The molecule has 0 bridgehead atoms. The van der Waals surface area contributed by atoms with Gasteiger partial charge < -0.3 is 14.5 Å². The molecule has 7 heteroatoms. The van der Waals surface area contributed by atoms with Crippen LogP contribution in [0.4, 0.5) is 5.00 Å². The number of hydrogen-bond donors (Lipinski definition) is 1. The zero-order chi connectivity index (χ0) is 18.6. The Morgan fingerprint density at radius 1 is 1.30 bits per heavy atom. The molecule has 1 saturated heterocycles. The number of nitrogens with zero attached hydrogens (tertiary/aromatic N) is 2. The van der Waals surface area contributed by atoms with Crippen molar-refractivity contribution >= 4 is 22.2 Å². The first-order valence-corrected chi connectivity index (χ1v) is 9.71. The number of nitrogens with one attached hydrogen (secondary N) is 1. The number of amides is 1. The molecule has 1 fully saturated rings. The third-order valence-electron chi connectivity index (χ3n) is 4.56. The first-order chi connectivity index (χ1) is 13.2. The summed E-state index contributed by atoms with van der Waals surface area (Å²) in [6, 6.07) is 9.56. The van der Waals surface area contributed by atoms with Crippen LogP contribution in [-0.2, 0) is 4.74 Å². The molecule has 0 saturated carbocycles. The number of ether oxygens (including phenoxy) is 1. The molecular weight excluding hydrogens is 362 g/mol. The van der Waals surface area contributed by atoms with Gasteiger partial charge >= 0.3 is 0 Å². The molecule has 1 N–H and O–H groups in total. The maximum Gasteiger partial charge on any atom is 0.291 e. The van der Waals surface area contributed by atoms with Crippen molar-refractivity contribution in [2.45, 2.75) is 13.0 Å². The highest BCUT2D eigenvalue weighted by atomic mass is 32.1. The van der Waals surface area contributed by atoms with Gasteiger partial charge in [0.25, 0.3) is 5.91 Å². The highest BCUT2D eigenvalue weighted by Crippen LogP contribution is 2.39. The highest BCUT2D eigenvalue weighted by molar-refractivity contribution is 7.16. The molecule has 1 atom stereocenters. The van der Waals surface area contributed by atoms with Crippen molar-refractivity contribution in [1.82, 2.24) is 9.88 Å². The lowest BCUT2D eigenvalue weighted by molar-refractivity contribution is 0.0240. The first-order valence-electron chi connectivity index (χ1n) is 8.89. The Kier molecular flexibility index (Phi) is 5.33. The number of carbonyl (C=O) groups excluding carboxylic acids is 1. The molecule has 4 heterocycles. The topological polar surface area (TPSA) is 67.6 Å². The molecule has 3 aromatic heterocycles. The fourth-order valence-corrected chi connectivity index (χ4v) is 4.31. The number of hydrogen-bond acceptors (Lipinski definition) is 6. The lowest BCUT2D eigenvalue weighted by atomic mass is 9.99. The molecule has 0 aromatic carbocycles. The molecular formula is C20H21N3O3S. The number of pyridine rings is 1. The molecule has 0 spiro atoms. The molecule has 0 radical (unpaired) electrons. The summed E-state index contributed by atoms with van der Waals surface area (Å²) < 4.78 is 10.8. The predicted molar refractivity (Wildman–Crippen MR) is 104 cm³/mol. The molecule has 0 aliphatic carbocycles. The second kappa shape index (κ2) is 8.04. The van der Waals surface area contributed by atoms with Crippen LogP contribution in [0.15, 0.2) is 53.4 Å². The average Bonchev–Trinajstić information content (AvgIpc) is 3.34. The van der Waals surface area contributed by atoms with Gasteiger partial charge in [0.2, 0.25) is 0 Å². The molecule has 1 amide bonds. The molecule has 27 heavy (non-hydrogen) atoms. The molecule has 140 valence electrons. The summed E-state index contributed by atoms with van der Waals surface area (Å²) in [6.45, 7) is 5.12. The van der Waals surface area contributed by atoms with Crippen molar-refractivity contribution < 1.29 is 13.9 Å². The Labute approximate surface area is 161 Å². The first kappa shape index (κ1) is 17.9. The Bertz CT molecular complexity index is 887. The van der Waals surface area contributed by atoms with Crippen LogP contribution in [-0.4, -0.2) is 42.1 Å². The minimum absolute atomic E-state index is 0.0134. The number of furan rings is 1. The van der Waals surface area contributed by atoms with Crippen molar-refractivity contribution in [3.63, 3.8) is 0 Å². The largest absolute Gasteiger partial charge is 0.459 e. The number of morpholine rings is 1. The Balaban J connectivity index is 1.70. The number of carbonyl (C=O) groups is 1. The second-order valence-corrected chi connectivity index (χ2v) is 7.67. The number of thiophene rings is 1. The van der Waals surface area contributed by atoms with Crippen LogP contribution in [0.1, 0.15) is 32.6 Å². The minimum Gasteiger partial charge on any atom is -0.459 e. The number of aromatic nitrogens is 1. The monoisotopic (exact) mass is 383 g/mol. The van der Waals surface area contributed by atoms with Gasteiger partial charge in [0.05, 0.1) is 25.5 Å². The summed E-state index contributed by atoms with van der Waals surface area (Å²) in [5.74, 6) is 0.0614. The summed E-state index contributed by atoms with van der Waals surface area (Å²) in [4.78, 5) is 20.4. The molecule has 1 unspecified atom stereocenters. The number of rotatable bonds is 5. The SMILES string of the molecule is Cc1cc(C(c2cccnc2)N2CCOCC2)c(NC(=O)c2ccco2)s1. The fraction of sp³-hybridized carbons (Fsp3) is 0.300. The number of anilines is 1. The van der Waals surface area contributed by atoms with Gasteiger partial charge in [0.15, 0.2) is 5.76 Å². The quantitative estimate of drug-likeness (QED) is 0.727. The highest BCUT2D eigenvalue weighted by Gasteiger charge is 2.28. The van der Waals surface area contributed by atoms with E-state index in [0.717, 1.165) is 34.1 Å². The molecule has 1 aliphatic rings. The van der Waals surface area contributed by atoms with E-state index in [-0.39, 0.29) is 11.9 Å². The van der Waals surface area contributed by atoms with Gasteiger partial charge in [-0.15, -0.1) is 11.3 Å². The van der Waals surface area contributed by atoms with E-state index in [2.05, 4.69) is 34.3 Å². The van der Waals surface area contributed by atoms with Gasteiger partial charge in [0, 0.05) is 35.9 Å². The van der Waals surface area contributed by atoms with Crippen LogP contribution in [0.3, 0.4) is 0 Å². The van der Waals surface area contributed by atoms with Crippen molar-refractivity contribution in [2.24, 2.45) is 0 Å². The zero-order valence-corrected chi connectivity index (χ0v) is 15.9. The van der Waals surface area contributed by atoms with Gasteiger partial charge in [-0.25, -0.2) is 0 Å². The van der Waals surface area contributed by atoms with E-state index in [0.29, 0.717) is 19.0 Å². The van der Waals surface area contributed by atoms with E-state index in [1.165, 1.54) is 6.26 Å². The van der Waals surface area contributed by atoms with Crippen LogP contribution in [0.5, 0.6) is 0 Å². The van der Waals surface area contributed by atoms with Crippen LogP contribution in [0.25, 0.3) is 0 Å². The summed E-state index contributed by atoms with van der Waals surface area (Å²) >= 11 is 1.58. The summed E-state index contributed by atoms with van der Waals surface area (Å²) in [5.41, 5.74) is 2.18. The summed E-state index contributed by atoms with van der Waals surface area (Å²) in [5, 5.41) is 3.87. The van der Waals surface area contributed by atoms with E-state index in [9.17, 15) is 4.79 Å². The Morgan fingerprint density at radius 3 is 2.85 bits per heavy atom.